The minimum absolute atomic E-state index is 0.353. The van der Waals surface area contributed by atoms with E-state index in [0.29, 0.717) is 11.4 Å². The van der Waals surface area contributed by atoms with Gasteiger partial charge in [-0.15, -0.1) is 0 Å². The third-order valence-electron chi connectivity index (χ3n) is 4.94. The van der Waals surface area contributed by atoms with Gasteiger partial charge in [0.05, 0.1) is 18.4 Å². The summed E-state index contributed by atoms with van der Waals surface area (Å²) in [6.45, 7) is 6.48. The number of aromatic nitrogens is 1. The second kappa shape index (κ2) is 7.52. The van der Waals surface area contributed by atoms with E-state index < -0.39 is 0 Å². The Hall–Kier alpha value is -2.94. The summed E-state index contributed by atoms with van der Waals surface area (Å²) in [6, 6.07) is 16.4. The molecule has 0 N–H and O–H groups in total. The van der Waals surface area contributed by atoms with Crippen molar-refractivity contribution < 1.29 is 9.53 Å². The molecule has 1 heterocycles. The summed E-state index contributed by atoms with van der Waals surface area (Å²) < 4.78 is 5.26. The van der Waals surface area contributed by atoms with E-state index >= 15 is 0 Å². The fraction of sp³-hybridized carbons (Fsp3) is 0.217. The smallest absolute Gasteiger partial charge is 0.224 e. The Morgan fingerprint density at radius 1 is 0.923 bits per heavy atom. The van der Waals surface area contributed by atoms with Gasteiger partial charge < -0.3 is 4.74 Å². The molecule has 26 heavy (non-hydrogen) atoms. The van der Waals surface area contributed by atoms with E-state index in [-0.39, 0.29) is 0 Å². The van der Waals surface area contributed by atoms with Crippen LogP contribution in [0.1, 0.15) is 34.0 Å². The summed E-state index contributed by atoms with van der Waals surface area (Å²) in [5.74, 6) is 0.353. The summed E-state index contributed by atoms with van der Waals surface area (Å²) in [7, 11) is 1.53. The fourth-order valence-corrected chi connectivity index (χ4v) is 3.42. The van der Waals surface area contributed by atoms with Gasteiger partial charge in [0.25, 0.3) is 0 Å². The second-order valence-corrected chi connectivity index (χ2v) is 6.33. The zero-order chi connectivity index (χ0) is 18.7. The lowest BCUT2D eigenvalue weighted by Crippen LogP contribution is -1.98. The molecule has 0 fully saturated rings. The quantitative estimate of drug-likeness (QED) is 0.580. The number of hydrogen-bond donors (Lipinski definition) is 0. The molecule has 0 aliphatic heterocycles. The molecule has 0 bridgehead atoms. The largest absolute Gasteiger partial charge is 0.480 e. The van der Waals surface area contributed by atoms with Crippen molar-refractivity contribution in [3.63, 3.8) is 0 Å². The molecule has 1 aromatic heterocycles. The zero-order valence-electron chi connectivity index (χ0n) is 15.7. The van der Waals surface area contributed by atoms with Crippen LogP contribution in [-0.4, -0.2) is 18.4 Å². The monoisotopic (exact) mass is 345 g/mol. The van der Waals surface area contributed by atoms with Crippen molar-refractivity contribution in [1.29, 1.82) is 0 Å². The standard InChI is InChI=1S/C23H23NO2/c1-5-17-8-6-9-19(15(17)2)20-10-7-11-21(16(20)3)22-13-12-18(14-25)23(24-22)26-4/h6-14H,5H2,1-4H3. The Balaban J connectivity index is 2.16. The van der Waals surface area contributed by atoms with E-state index in [1.54, 1.807) is 6.07 Å². The van der Waals surface area contributed by atoms with Crippen LogP contribution < -0.4 is 4.74 Å². The van der Waals surface area contributed by atoms with Crippen LogP contribution in [-0.2, 0) is 6.42 Å². The highest BCUT2D eigenvalue weighted by Crippen LogP contribution is 2.34. The lowest BCUT2D eigenvalue weighted by atomic mass is 9.90. The highest BCUT2D eigenvalue weighted by molar-refractivity contribution is 5.82. The summed E-state index contributed by atoms with van der Waals surface area (Å²) in [5.41, 5.74) is 8.60. The molecule has 0 saturated carbocycles. The Morgan fingerprint density at radius 2 is 1.58 bits per heavy atom. The van der Waals surface area contributed by atoms with Gasteiger partial charge >= 0.3 is 0 Å². The molecule has 3 heteroatoms. The molecule has 0 aliphatic carbocycles. The Morgan fingerprint density at radius 3 is 2.23 bits per heavy atom. The van der Waals surface area contributed by atoms with Gasteiger partial charge in [0.15, 0.2) is 6.29 Å². The molecule has 3 rings (SSSR count). The van der Waals surface area contributed by atoms with Gasteiger partial charge in [-0.05, 0) is 60.2 Å². The highest BCUT2D eigenvalue weighted by Gasteiger charge is 2.13. The van der Waals surface area contributed by atoms with Crippen molar-refractivity contribution in [3.05, 3.63) is 70.8 Å². The molecule has 0 amide bonds. The van der Waals surface area contributed by atoms with Gasteiger partial charge in [-0.3, -0.25) is 4.79 Å². The number of nitrogens with zero attached hydrogens (tertiary/aromatic N) is 1. The molecule has 132 valence electrons. The van der Waals surface area contributed by atoms with Gasteiger partial charge in [-0.2, -0.15) is 0 Å². The predicted molar refractivity (Wildman–Crippen MR) is 106 cm³/mol. The first-order chi connectivity index (χ1) is 12.6. The lowest BCUT2D eigenvalue weighted by molar-refractivity contribution is 0.112. The van der Waals surface area contributed by atoms with E-state index in [9.17, 15) is 4.79 Å². The Kier molecular flexibility index (Phi) is 5.17. The Bertz CT molecular complexity index is 960. The molecule has 0 spiro atoms. The molecule has 0 radical (unpaired) electrons. The van der Waals surface area contributed by atoms with Crippen LogP contribution in [0.3, 0.4) is 0 Å². The van der Waals surface area contributed by atoms with Crippen molar-refractivity contribution in [2.24, 2.45) is 0 Å². The average molecular weight is 345 g/mol. The van der Waals surface area contributed by atoms with Crippen molar-refractivity contribution in [2.75, 3.05) is 7.11 Å². The topological polar surface area (TPSA) is 39.2 Å². The summed E-state index contributed by atoms with van der Waals surface area (Å²) in [5, 5.41) is 0. The minimum Gasteiger partial charge on any atom is -0.480 e. The van der Waals surface area contributed by atoms with Crippen molar-refractivity contribution in [1.82, 2.24) is 4.98 Å². The first kappa shape index (κ1) is 17.9. The van der Waals surface area contributed by atoms with Crippen LogP contribution in [0.4, 0.5) is 0 Å². The molecule has 3 aromatic rings. The van der Waals surface area contributed by atoms with Gasteiger partial charge in [-0.1, -0.05) is 43.3 Å². The molecule has 0 saturated heterocycles. The summed E-state index contributed by atoms with van der Waals surface area (Å²) in [4.78, 5) is 15.6. The zero-order valence-corrected chi connectivity index (χ0v) is 15.7. The molecule has 0 unspecified atom stereocenters. The minimum atomic E-state index is 0.353. The first-order valence-corrected chi connectivity index (χ1v) is 8.79. The van der Waals surface area contributed by atoms with Crippen LogP contribution in [0.5, 0.6) is 5.88 Å². The van der Waals surface area contributed by atoms with Crippen LogP contribution in [0.2, 0.25) is 0 Å². The van der Waals surface area contributed by atoms with Crippen LogP contribution >= 0.6 is 0 Å². The predicted octanol–water partition coefficient (Wildman–Crippen LogP) is 5.42. The first-order valence-electron chi connectivity index (χ1n) is 8.79. The van der Waals surface area contributed by atoms with E-state index in [0.717, 1.165) is 29.5 Å². The number of aryl methyl sites for hydroxylation is 1. The van der Waals surface area contributed by atoms with E-state index in [4.69, 9.17) is 4.74 Å². The lowest BCUT2D eigenvalue weighted by Gasteiger charge is -2.16. The van der Waals surface area contributed by atoms with Crippen molar-refractivity contribution in [2.45, 2.75) is 27.2 Å². The maximum Gasteiger partial charge on any atom is 0.224 e. The summed E-state index contributed by atoms with van der Waals surface area (Å²) >= 11 is 0. The van der Waals surface area contributed by atoms with E-state index in [1.165, 1.54) is 29.4 Å². The van der Waals surface area contributed by atoms with E-state index in [2.05, 4.69) is 62.2 Å². The van der Waals surface area contributed by atoms with Gasteiger partial charge in [-0.25, -0.2) is 4.98 Å². The van der Waals surface area contributed by atoms with Crippen LogP contribution in [0.15, 0.2) is 48.5 Å². The number of carbonyl (C=O) groups excluding carboxylic acids is 1. The number of rotatable bonds is 5. The van der Waals surface area contributed by atoms with Crippen LogP contribution in [0.25, 0.3) is 22.4 Å². The van der Waals surface area contributed by atoms with Gasteiger partial charge in [0, 0.05) is 5.56 Å². The normalized spacial score (nSPS) is 10.6. The number of pyridine rings is 1. The number of benzene rings is 2. The summed E-state index contributed by atoms with van der Waals surface area (Å²) in [6.07, 6.45) is 1.78. The third kappa shape index (κ3) is 3.13. The maximum absolute atomic E-state index is 11.1. The molecule has 0 aliphatic rings. The molecule has 2 aromatic carbocycles. The number of carbonyl (C=O) groups is 1. The molecular weight excluding hydrogens is 322 g/mol. The fourth-order valence-electron chi connectivity index (χ4n) is 3.42. The number of ether oxygens (including phenoxy) is 1. The third-order valence-corrected chi connectivity index (χ3v) is 4.94. The highest BCUT2D eigenvalue weighted by atomic mass is 16.5. The average Bonchev–Trinajstić information content (AvgIpc) is 2.68. The SMILES string of the molecule is CCc1cccc(-c2cccc(-c3ccc(C=O)c(OC)n3)c2C)c1C. The number of methoxy groups -OCH3 is 1. The molecular formula is C23H23NO2. The Labute approximate surface area is 154 Å². The van der Waals surface area contributed by atoms with Gasteiger partial charge in [0.2, 0.25) is 5.88 Å². The van der Waals surface area contributed by atoms with E-state index in [1.807, 2.05) is 6.07 Å². The number of hydrogen-bond acceptors (Lipinski definition) is 3. The van der Waals surface area contributed by atoms with Gasteiger partial charge in [0.1, 0.15) is 0 Å². The van der Waals surface area contributed by atoms with Crippen molar-refractivity contribution in [3.8, 4) is 28.3 Å². The molecule has 3 nitrogen and oxygen atoms in total. The molecule has 0 atom stereocenters. The van der Waals surface area contributed by atoms with Crippen LogP contribution in [0, 0.1) is 13.8 Å². The second-order valence-electron chi connectivity index (χ2n) is 6.33. The van der Waals surface area contributed by atoms with Crippen molar-refractivity contribution >= 4 is 6.29 Å². The maximum atomic E-state index is 11.1. The number of aldehydes is 1.